The molecule has 4 rings (SSSR count). The van der Waals surface area contributed by atoms with Gasteiger partial charge in [-0.1, -0.05) is 37.5 Å². The van der Waals surface area contributed by atoms with Crippen molar-refractivity contribution in [3.63, 3.8) is 0 Å². The number of benzene rings is 2. The van der Waals surface area contributed by atoms with E-state index in [-0.39, 0.29) is 17.7 Å². The van der Waals surface area contributed by atoms with Gasteiger partial charge < -0.3 is 9.84 Å². The van der Waals surface area contributed by atoms with Gasteiger partial charge in [0.1, 0.15) is 0 Å². The monoisotopic (exact) mass is 454 g/mol. The van der Waals surface area contributed by atoms with E-state index in [1.54, 1.807) is 12.1 Å². The Kier molecular flexibility index (Phi) is 6.99. The predicted octanol–water partition coefficient (Wildman–Crippen LogP) is 5.23. The van der Waals surface area contributed by atoms with E-state index in [9.17, 15) is 9.90 Å². The van der Waals surface area contributed by atoms with Crippen LogP contribution in [0.1, 0.15) is 44.6 Å². The molecule has 0 aromatic heterocycles. The number of ether oxygens (including phenoxy) is 1. The molecule has 1 heterocycles. The Hall–Kier alpha value is -2.30. The number of phenolic OH excluding ortho intramolecular Hbond substituents is 1. The van der Waals surface area contributed by atoms with Gasteiger partial charge in [0, 0.05) is 6.04 Å². The molecule has 1 aliphatic heterocycles. The van der Waals surface area contributed by atoms with Crippen LogP contribution in [0.3, 0.4) is 0 Å². The summed E-state index contributed by atoms with van der Waals surface area (Å²) in [4.78, 5) is 20.7. The largest absolute Gasteiger partial charge is 0.504 e. The summed E-state index contributed by atoms with van der Waals surface area (Å²) in [7, 11) is 2.67. The van der Waals surface area contributed by atoms with Crippen molar-refractivity contribution < 1.29 is 14.6 Å². The van der Waals surface area contributed by atoms with E-state index in [1.807, 2.05) is 48.2 Å². The number of aliphatic imine (C=N–C) groups is 1. The van der Waals surface area contributed by atoms with Gasteiger partial charge in [0.25, 0.3) is 5.91 Å². The maximum absolute atomic E-state index is 13.4. The van der Waals surface area contributed by atoms with Crippen LogP contribution in [0.25, 0.3) is 6.08 Å². The summed E-state index contributed by atoms with van der Waals surface area (Å²) in [6.07, 6.45) is 7.34. The number of amidine groups is 1. The van der Waals surface area contributed by atoms with Crippen LogP contribution in [0, 0.1) is 0 Å². The van der Waals surface area contributed by atoms with Crippen LogP contribution in [0.2, 0.25) is 0 Å². The number of rotatable bonds is 5. The highest BCUT2D eigenvalue weighted by atomic mass is 32.2. The molecule has 1 saturated heterocycles. The molecule has 1 saturated carbocycles. The van der Waals surface area contributed by atoms with E-state index in [4.69, 9.17) is 9.73 Å². The molecule has 1 aliphatic carbocycles. The van der Waals surface area contributed by atoms with E-state index >= 15 is 0 Å². The average molecular weight is 455 g/mol. The van der Waals surface area contributed by atoms with Crippen molar-refractivity contribution in [3.8, 4) is 11.5 Å². The highest BCUT2D eigenvalue weighted by Crippen LogP contribution is 2.39. The first-order chi connectivity index (χ1) is 15.0. The van der Waals surface area contributed by atoms with Crippen LogP contribution in [-0.2, 0) is 4.79 Å². The second kappa shape index (κ2) is 9.88. The van der Waals surface area contributed by atoms with E-state index in [2.05, 4.69) is 9.24 Å². The minimum Gasteiger partial charge on any atom is -0.504 e. The molecule has 1 N–H and O–H groups in total. The number of nitrogens with zero attached hydrogens (tertiary/aromatic N) is 2. The number of carbonyl (C=O) groups is 1. The fourth-order valence-corrected chi connectivity index (χ4v) is 5.19. The van der Waals surface area contributed by atoms with Crippen molar-refractivity contribution in [1.29, 1.82) is 0 Å². The van der Waals surface area contributed by atoms with Gasteiger partial charge in [0.15, 0.2) is 16.7 Å². The topological polar surface area (TPSA) is 62.1 Å². The molecule has 0 radical (unpaired) electrons. The lowest BCUT2D eigenvalue weighted by atomic mass is 9.94. The molecular weight excluding hydrogens is 427 g/mol. The normalized spacial score (nSPS) is 20.1. The first-order valence-electron chi connectivity index (χ1n) is 10.7. The number of aromatic hydroxyl groups is 1. The standard InChI is InChI=1S/C24H27N2O3PS/c1-2-29-21-13-8-16(14-20(21)27)15-22-23(28)26(18-6-4-3-5-7-18)24(31-22)25-17-9-11-19(30)12-10-17/h8-15,18,27H,2-7,30H2,1H3/b22-15-,25-24?. The van der Waals surface area contributed by atoms with Crippen molar-refractivity contribution in [3.05, 3.63) is 52.9 Å². The third kappa shape index (κ3) is 5.13. The molecule has 1 unspecified atom stereocenters. The summed E-state index contributed by atoms with van der Waals surface area (Å²) in [6, 6.07) is 13.3. The zero-order valence-electron chi connectivity index (χ0n) is 17.6. The maximum Gasteiger partial charge on any atom is 0.267 e. The Labute approximate surface area is 189 Å². The minimum atomic E-state index is -0.00769. The van der Waals surface area contributed by atoms with Crippen LogP contribution in [0.15, 0.2) is 52.4 Å². The molecule has 0 bridgehead atoms. The Morgan fingerprint density at radius 1 is 1.19 bits per heavy atom. The molecule has 7 heteroatoms. The smallest absolute Gasteiger partial charge is 0.267 e. The molecule has 1 amide bonds. The number of hydrogen-bond acceptors (Lipinski definition) is 5. The van der Waals surface area contributed by atoms with Crippen molar-refractivity contribution in [2.75, 3.05) is 6.61 Å². The van der Waals surface area contributed by atoms with Gasteiger partial charge in [-0.05, 0) is 72.7 Å². The Morgan fingerprint density at radius 2 is 1.94 bits per heavy atom. The third-order valence-corrected chi connectivity index (χ3v) is 6.84. The Balaban J connectivity index is 1.66. The van der Waals surface area contributed by atoms with E-state index in [0.29, 0.717) is 17.3 Å². The summed E-state index contributed by atoms with van der Waals surface area (Å²) in [5, 5.41) is 12.0. The van der Waals surface area contributed by atoms with Crippen LogP contribution in [0.4, 0.5) is 5.69 Å². The summed E-state index contributed by atoms with van der Waals surface area (Å²) < 4.78 is 5.40. The summed E-state index contributed by atoms with van der Waals surface area (Å²) in [5.74, 6) is 0.507. The van der Waals surface area contributed by atoms with Crippen LogP contribution in [-0.4, -0.2) is 33.7 Å². The lowest BCUT2D eigenvalue weighted by Crippen LogP contribution is -2.40. The van der Waals surface area contributed by atoms with E-state index < -0.39 is 0 Å². The fourth-order valence-electron chi connectivity index (χ4n) is 3.94. The zero-order chi connectivity index (χ0) is 21.8. The van der Waals surface area contributed by atoms with Gasteiger partial charge in [0.05, 0.1) is 17.2 Å². The van der Waals surface area contributed by atoms with Gasteiger partial charge in [-0.15, -0.1) is 9.24 Å². The molecule has 2 aliphatic rings. The number of carbonyl (C=O) groups excluding carboxylic acids is 1. The summed E-state index contributed by atoms with van der Waals surface area (Å²) >= 11 is 1.40. The van der Waals surface area contributed by atoms with Crippen molar-refractivity contribution in [1.82, 2.24) is 4.90 Å². The fraction of sp³-hybridized carbons (Fsp3) is 0.333. The van der Waals surface area contributed by atoms with Gasteiger partial charge in [-0.2, -0.15) is 0 Å². The molecule has 5 nitrogen and oxygen atoms in total. The van der Waals surface area contributed by atoms with Crippen molar-refractivity contribution in [2.45, 2.75) is 45.1 Å². The number of phenols is 1. The van der Waals surface area contributed by atoms with Crippen LogP contribution >= 0.6 is 21.0 Å². The molecule has 0 spiro atoms. The first kappa shape index (κ1) is 21.9. The predicted molar refractivity (Wildman–Crippen MR) is 131 cm³/mol. The molecule has 2 fully saturated rings. The second-order valence-electron chi connectivity index (χ2n) is 7.72. The average Bonchev–Trinajstić information content (AvgIpc) is 3.07. The number of amides is 1. The van der Waals surface area contributed by atoms with Gasteiger partial charge in [0.2, 0.25) is 0 Å². The highest BCUT2D eigenvalue weighted by molar-refractivity contribution is 8.18. The SMILES string of the molecule is CCOc1ccc(/C=C2\SC(=Nc3ccc(P)cc3)N(C3CCCCC3)C2=O)cc1O. The van der Waals surface area contributed by atoms with Gasteiger partial charge in [-0.25, -0.2) is 4.99 Å². The molecular formula is C24H27N2O3PS. The summed E-state index contributed by atoms with van der Waals surface area (Å²) in [5.41, 5.74) is 1.59. The first-order valence-corrected chi connectivity index (χ1v) is 12.1. The van der Waals surface area contributed by atoms with Gasteiger partial charge >= 0.3 is 0 Å². The van der Waals surface area contributed by atoms with Crippen molar-refractivity contribution in [2.24, 2.45) is 4.99 Å². The molecule has 2 aromatic carbocycles. The van der Waals surface area contributed by atoms with Crippen LogP contribution in [0.5, 0.6) is 11.5 Å². The Morgan fingerprint density at radius 3 is 2.61 bits per heavy atom. The summed E-state index contributed by atoms with van der Waals surface area (Å²) in [6.45, 7) is 2.35. The molecule has 2 aromatic rings. The number of thioether (sulfide) groups is 1. The zero-order valence-corrected chi connectivity index (χ0v) is 19.6. The minimum absolute atomic E-state index is 0.00769. The maximum atomic E-state index is 13.4. The molecule has 162 valence electrons. The lowest BCUT2D eigenvalue weighted by molar-refractivity contribution is -0.124. The van der Waals surface area contributed by atoms with Crippen LogP contribution < -0.4 is 10.0 Å². The van der Waals surface area contributed by atoms with Crippen molar-refractivity contribution >= 4 is 49.1 Å². The van der Waals surface area contributed by atoms with E-state index in [0.717, 1.165) is 47.4 Å². The molecule has 31 heavy (non-hydrogen) atoms. The van der Waals surface area contributed by atoms with E-state index in [1.165, 1.54) is 18.2 Å². The highest BCUT2D eigenvalue weighted by Gasteiger charge is 2.38. The second-order valence-corrected chi connectivity index (χ2v) is 9.40. The number of hydrogen-bond donors (Lipinski definition) is 1. The lowest BCUT2D eigenvalue weighted by Gasteiger charge is -2.30. The Bertz CT molecular complexity index is 1010. The van der Waals surface area contributed by atoms with Gasteiger partial charge in [-0.3, -0.25) is 9.69 Å². The quantitative estimate of drug-likeness (QED) is 0.497. The third-order valence-electron chi connectivity index (χ3n) is 5.48. The molecule has 1 atom stereocenters.